The maximum Gasteiger partial charge on any atom is 0.408 e. The number of carbonyl (C=O) groups excluding carboxylic acids is 2. The summed E-state index contributed by atoms with van der Waals surface area (Å²) in [6.45, 7) is 4.99. The highest BCUT2D eigenvalue weighted by Crippen LogP contribution is 2.28. The van der Waals surface area contributed by atoms with Crippen LogP contribution in [0.4, 0.5) is 10.5 Å². The third kappa shape index (κ3) is 4.35. The minimum absolute atomic E-state index is 0.0385. The van der Waals surface area contributed by atoms with E-state index in [1.54, 1.807) is 20.8 Å². The minimum Gasteiger partial charge on any atom is -0.489 e. The lowest BCUT2D eigenvalue weighted by Gasteiger charge is -2.22. The Bertz CT molecular complexity index is 650. The molecule has 0 bridgehead atoms. The molecule has 0 aliphatic carbocycles. The van der Waals surface area contributed by atoms with Gasteiger partial charge in [0.1, 0.15) is 24.0 Å². The van der Waals surface area contributed by atoms with E-state index >= 15 is 0 Å². The van der Waals surface area contributed by atoms with Crippen molar-refractivity contribution in [2.24, 2.45) is 0 Å². The smallest absolute Gasteiger partial charge is 0.408 e. The number of nitrogens with one attached hydrogen (secondary N) is 2. The molecular weight excluding hydrogens is 304 g/mol. The fraction of sp³-hybridized carbons (Fsp3) is 0.400. The lowest BCUT2D eigenvalue weighted by Crippen LogP contribution is -2.48. The fourth-order valence-corrected chi connectivity index (χ4v) is 1.90. The van der Waals surface area contributed by atoms with Crippen molar-refractivity contribution in [3.05, 3.63) is 23.8 Å². The molecular formula is C15H18N2O6. The average Bonchev–Trinajstić information content (AvgIpc) is 2.56. The molecule has 1 aromatic rings. The number of carbonyl (C=O) groups is 3. The van der Waals surface area contributed by atoms with E-state index in [9.17, 15) is 14.4 Å². The second-order valence-electron chi connectivity index (χ2n) is 6.02. The van der Waals surface area contributed by atoms with Gasteiger partial charge in [-0.2, -0.15) is 0 Å². The predicted octanol–water partition coefficient (Wildman–Crippen LogP) is 1.61. The lowest BCUT2D eigenvalue weighted by molar-refractivity contribution is -0.118. The van der Waals surface area contributed by atoms with Crippen LogP contribution in [0.3, 0.4) is 0 Å². The van der Waals surface area contributed by atoms with Crippen molar-refractivity contribution in [1.29, 1.82) is 0 Å². The van der Waals surface area contributed by atoms with E-state index in [4.69, 9.17) is 14.6 Å². The van der Waals surface area contributed by atoms with Crippen LogP contribution in [0.5, 0.6) is 5.75 Å². The standard InChI is InChI=1S/C15H18N2O6/c1-15(2,3)23-14(21)17-10-7-22-11-6-8(13(19)20)4-5-9(11)16-12(10)18/h4-6,10H,7H2,1-3H3,(H,16,18)(H,17,21)(H,19,20). The maximum absolute atomic E-state index is 12.1. The Morgan fingerprint density at radius 3 is 2.70 bits per heavy atom. The number of benzene rings is 1. The second-order valence-corrected chi connectivity index (χ2v) is 6.02. The van der Waals surface area contributed by atoms with Crippen molar-refractivity contribution in [1.82, 2.24) is 5.32 Å². The quantitative estimate of drug-likeness (QED) is 0.762. The van der Waals surface area contributed by atoms with Gasteiger partial charge in [0.15, 0.2) is 0 Å². The molecule has 0 radical (unpaired) electrons. The van der Waals surface area contributed by atoms with Crippen LogP contribution in [-0.2, 0) is 9.53 Å². The van der Waals surface area contributed by atoms with Gasteiger partial charge in [-0.25, -0.2) is 9.59 Å². The third-order valence-corrected chi connectivity index (χ3v) is 2.90. The normalized spacial score (nSPS) is 17.2. The molecule has 0 spiro atoms. The molecule has 0 saturated carbocycles. The Morgan fingerprint density at radius 2 is 2.09 bits per heavy atom. The molecule has 23 heavy (non-hydrogen) atoms. The van der Waals surface area contributed by atoms with E-state index in [2.05, 4.69) is 10.6 Å². The molecule has 3 N–H and O–H groups in total. The Kier molecular flexibility index (Phi) is 4.44. The van der Waals surface area contributed by atoms with Crippen molar-refractivity contribution in [2.75, 3.05) is 11.9 Å². The molecule has 1 aliphatic rings. The number of carboxylic acid groups (broad SMARTS) is 1. The maximum atomic E-state index is 12.1. The number of anilines is 1. The number of fused-ring (bicyclic) bond motifs is 1. The number of rotatable bonds is 2. The van der Waals surface area contributed by atoms with Gasteiger partial charge in [-0.3, -0.25) is 4.79 Å². The molecule has 1 heterocycles. The number of alkyl carbamates (subject to hydrolysis) is 1. The van der Waals surface area contributed by atoms with Crippen LogP contribution < -0.4 is 15.4 Å². The molecule has 0 saturated heterocycles. The molecule has 2 rings (SSSR count). The molecule has 1 atom stereocenters. The number of amides is 2. The van der Waals surface area contributed by atoms with Crippen LogP contribution in [0.15, 0.2) is 18.2 Å². The Morgan fingerprint density at radius 1 is 1.39 bits per heavy atom. The van der Waals surface area contributed by atoms with Crippen LogP contribution in [0.2, 0.25) is 0 Å². The topological polar surface area (TPSA) is 114 Å². The van der Waals surface area contributed by atoms with Gasteiger partial charge >= 0.3 is 12.1 Å². The SMILES string of the molecule is CC(C)(C)OC(=O)NC1COc2cc(C(=O)O)ccc2NC1=O. The summed E-state index contributed by atoms with van der Waals surface area (Å²) in [7, 11) is 0. The zero-order chi connectivity index (χ0) is 17.2. The number of hydrogen-bond acceptors (Lipinski definition) is 5. The van der Waals surface area contributed by atoms with Crippen molar-refractivity contribution >= 4 is 23.7 Å². The molecule has 1 unspecified atom stereocenters. The van der Waals surface area contributed by atoms with Crippen LogP contribution in [-0.4, -0.2) is 41.3 Å². The first-order chi connectivity index (χ1) is 10.7. The van der Waals surface area contributed by atoms with Gasteiger partial charge in [-0.1, -0.05) is 0 Å². The summed E-state index contributed by atoms with van der Waals surface area (Å²) in [5.74, 6) is -1.35. The first kappa shape index (κ1) is 16.6. The monoisotopic (exact) mass is 322 g/mol. The van der Waals surface area contributed by atoms with Gasteiger partial charge in [0, 0.05) is 0 Å². The first-order valence-electron chi connectivity index (χ1n) is 6.96. The number of hydrogen-bond donors (Lipinski definition) is 3. The molecule has 0 fully saturated rings. The van der Waals surface area contributed by atoms with Gasteiger partial charge in [-0.15, -0.1) is 0 Å². The summed E-state index contributed by atoms with van der Waals surface area (Å²) in [6, 6.07) is 3.15. The van der Waals surface area contributed by atoms with Crippen molar-refractivity contribution in [3.8, 4) is 5.75 Å². The summed E-state index contributed by atoms with van der Waals surface area (Å²) in [6.07, 6.45) is -0.738. The number of aromatic carboxylic acids is 1. The molecule has 2 amide bonds. The Labute approximate surface area is 132 Å². The second kappa shape index (κ2) is 6.15. The van der Waals surface area contributed by atoms with Crippen LogP contribution in [0.25, 0.3) is 0 Å². The summed E-state index contributed by atoms with van der Waals surface area (Å²) >= 11 is 0. The summed E-state index contributed by atoms with van der Waals surface area (Å²) in [5, 5.41) is 14.0. The Hall–Kier alpha value is -2.77. The molecule has 1 aliphatic heterocycles. The highest BCUT2D eigenvalue weighted by molar-refractivity contribution is 5.99. The van der Waals surface area contributed by atoms with Gasteiger partial charge in [0.25, 0.3) is 5.91 Å². The van der Waals surface area contributed by atoms with Gasteiger partial charge in [0.05, 0.1) is 11.3 Å². The minimum atomic E-state index is -1.10. The zero-order valence-electron chi connectivity index (χ0n) is 13.0. The van der Waals surface area contributed by atoms with Crippen LogP contribution in [0, 0.1) is 0 Å². The predicted molar refractivity (Wildman–Crippen MR) is 80.7 cm³/mol. The van der Waals surface area contributed by atoms with E-state index in [1.807, 2.05) is 0 Å². The molecule has 0 aromatic heterocycles. The number of carboxylic acids is 1. The van der Waals surface area contributed by atoms with Gasteiger partial charge < -0.3 is 25.2 Å². The van der Waals surface area contributed by atoms with E-state index in [1.165, 1.54) is 18.2 Å². The van der Waals surface area contributed by atoms with Crippen molar-refractivity contribution < 1.29 is 29.0 Å². The molecule has 1 aromatic carbocycles. The largest absolute Gasteiger partial charge is 0.489 e. The van der Waals surface area contributed by atoms with E-state index < -0.39 is 29.6 Å². The highest BCUT2D eigenvalue weighted by Gasteiger charge is 2.28. The number of ether oxygens (including phenoxy) is 2. The van der Waals surface area contributed by atoms with Crippen molar-refractivity contribution in [3.63, 3.8) is 0 Å². The van der Waals surface area contributed by atoms with Gasteiger partial charge in [-0.05, 0) is 39.0 Å². The fourth-order valence-electron chi connectivity index (χ4n) is 1.90. The third-order valence-electron chi connectivity index (χ3n) is 2.90. The summed E-state index contributed by atoms with van der Waals surface area (Å²) in [5.41, 5.74) is -0.309. The van der Waals surface area contributed by atoms with Crippen molar-refractivity contribution in [2.45, 2.75) is 32.4 Å². The summed E-state index contributed by atoms with van der Waals surface area (Å²) < 4.78 is 10.5. The van der Waals surface area contributed by atoms with Crippen LogP contribution >= 0.6 is 0 Å². The zero-order valence-corrected chi connectivity index (χ0v) is 13.0. The molecule has 8 nitrogen and oxygen atoms in total. The first-order valence-corrected chi connectivity index (χ1v) is 6.96. The van der Waals surface area contributed by atoms with E-state index in [-0.39, 0.29) is 17.9 Å². The lowest BCUT2D eigenvalue weighted by atomic mass is 10.2. The Balaban J connectivity index is 2.10. The van der Waals surface area contributed by atoms with E-state index in [0.29, 0.717) is 5.69 Å². The average molecular weight is 322 g/mol. The summed E-state index contributed by atoms with van der Waals surface area (Å²) in [4.78, 5) is 34.8. The van der Waals surface area contributed by atoms with E-state index in [0.717, 1.165) is 0 Å². The molecule has 8 heteroatoms. The molecule has 124 valence electrons. The van der Waals surface area contributed by atoms with Crippen LogP contribution in [0.1, 0.15) is 31.1 Å². The van der Waals surface area contributed by atoms with Gasteiger partial charge in [0.2, 0.25) is 0 Å². The highest BCUT2D eigenvalue weighted by atomic mass is 16.6.